The summed E-state index contributed by atoms with van der Waals surface area (Å²) in [5, 5.41) is 13.6. The average molecular weight is 397 g/mol. The van der Waals surface area contributed by atoms with E-state index in [-0.39, 0.29) is 48.5 Å². The fourth-order valence-corrected chi connectivity index (χ4v) is 2.57. The molecule has 0 saturated carbocycles. The molecular formula is C12H15Cl3F3N3O2. The summed E-state index contributed by atoms with van der Waals surface area (Å²) in [4.78, 5) is 11.3. The van der Waals surface area contributed by atoms with Gasteiger partial charge in [0.05, 0.1) is 4.92 Å². The van der Waals surface area contributed by atoms with E-state index in [1.54, 1.807) is 0 Å². The number of benzene rings is 1. The van der Waals surface area contributed by atoms with Crippen LogP contribution in [0.5, 0.6) is 0 Å². The summed E-state index contributed by atoms with van der Waals surface area (Å²) in [5.41, 5.74) is -0.681. The maximum absolute atomic E-state index is 13.4. The molecule has 2 rings (SSSR count). The molecule has 0 unspecified atom stereocenters. The van der Waals surface area contributed by atoms with Gasteiger partial charge in [0.25, 0.3) is 5.69 Å². The SMILES string of the molecule is Cl.Cl.O=[N+]([O-])c1cc([C@H](N2CCNCC2)C(F)(F)F)ccc1Cl. The molecule has 1 atom stereocenters. The molecule has 1 aliphatic heterocycles. The number of rotatable bonds is 3. The molecule has 1 aromatic rings. The third-order valence-electron chi connectivity index (χ3n) is 3.31. The molecule has 0 radical (unpaired) electrons. The van der Waals surface area contributed by atoms with Crippen molar-refractivity contribution < 1.29 is 18.1 Å². The quantitative estimate of drug-likeness (QED) is 0.626. The van der Waals surface area contributed by atoms with E-state index >= 15 is 0 Å². The molecule has 0 bridgehead atoms. The minimum Gasteiger partial charge on any atom is -0.314 e. The first-order chi connectivity index (χ1) is 9.80. The van der Waals surface area contributed by atoms with E-state index in [0.717, 1.165) is 12.1 Å². The second-order valence-corrected chi connectivity index (χ2v) is 5.11. The zero-order valence-electron chi connectivity index (χ0n) is 11.7. The standard InChI is InChI=1S/C12H13ClF3N3O2.2ClH/c13-9-2-1-8(7-10(9)19(20)21)11(12(14,15)16)18-5-3-17-4-6-18;;/h1-2,7,11,17H,3-6H2;2*1H/t11-;;/m0../s1. The van der Waals surface area contributed by atoms with Gasteiger partial charge in [0.2, 0.25) is 0 Å². The number of alkyl halides is 3. The van der Waals surface area contributed by atoms with Crippen molar-refractivity contribution in [3.8, 4) is 0 Å². The van der Waals surface area contributed by atoms with Gasteiger partial charge in [-0.15, -0.1) is 24.8 Å². The second-order valence-electron chi connectivity index (χ2n) is 4.70. The molecule has 1 heterocycles. The minimum atomic E-state index is -4.51. The van der Waals surface area contributed by atoms with Crippen molar-refractivity contribution in [2.24, 2.45) is 0 Å². The Bertz CT molecular complexity index is 540. The summed E-state index contributed by atoms with van der Waals surface area (Å²) in [7, 11) is 0. The summed E-state index contributed by atoms with van der Waals surface area (Å²) < 4.78 is 40.1. The number of hydrogen-bond donors (Lipinski definition) is 1. The Hall–Kier alpha value is -0.800. The zero-order chi connectivity index (χ0) is 15.6. The van der Waals surface area contributed by atoms with Crippen LogP contribution in [0, 0.1) is 10.1 Å². The van der Waals surface area contributed by atoms with Crippen molar-refractivity contribution in [1.29, 1.82) is 0 Å². The van der Waals surface area contributed by atoms with Gasteiger partial charge in [0, 0.05) is 32.2 Å². The average Bonchev–Trinajstić information content (AvgIpc) is 2.40. The highest BCUT2D eigenvalue weighted by Crippen LogP contribution is 2.40. The fourth-order valence-electron chi connectivity index (χ4n) is 2.39. The molecule has 23 heavy (non-hydrogen) atoms. The van der Waals surface area contributed by atoms with Gasteiger partial charge >= 0.3 is 6.18 Å². The summed E-state index contributed by atoms with van der Waals surface area (Å²) >= 11 is 5.65. The molecule has 0 aromatic heterocycles. The van der Waals surface area contributed by atoms with Crippen LogP contribution in [-0.4, -0.2) is 42.2 Å². The van der Waals surface area contributed by atoms with Crippen LogP contribution in [0.4, 0.5) is 18.9 Å². The summed E-state index contributed by atoms with van der Waals surface area (Å²) in [6.45, 7) is 1.34. The first kappa shape index (κ1) is 22.2. The van der Waals surface area contributed by atoms with Crippen LogP contribution in [0.15, 0.2) is 18.2 Å². The predicted molar refractivity (Wildman–Crippen MR) is 85.8 cm³/mol. The molecule has 5 nitrogen and oxygen atoms in total. The fraction of sp³-hybridized carbons (Fsp3) is 0.500. The maximum atomic E-state index is 13.4. The lowest BCUT2D eigenvalue weighted by molar-refractivity contribution is -0.384. The highest BCUT2D eigenvalue weighted by atomic mass is 35.5. The number of halogens is 6. The van der Waals surface area contributed by atoms with Crippen molar-refractivity contribution in [1.82, 2.24) is 10.2 Å². The van der Waals surface area contributed by atoms with Crippen LogP contribution < -0.4 is 5.32 Å². The van der Waals surface area contributed by atoms with Crippen molar-refractivity contribution in [2.75, 3.05) is 26.2 Å². The molecular weight excluding hydrogens is 382 g/mol. The van der Waals surface area contributed by atoms with Gasteiger partial charge in [0.1, 0.15) is 11.1 Å². The van der Waals surface area contributed by atoms with E-state index in [4.69, 9.17) is 11.6 Å². The molecule has 0 spiro atoms. The van der Waals surface area contributed by atoms with E-state index in [0.29, 0.717) is 13.1 Å². The van der Waals surface area contributed by atoms with Gasteiger partial charge in [-0.3, -0.25) is 15.0 Å². The first-order valence-electron chi connectivity index (χ1n) is 6.26. The Balaban J connectivity index is 0.00000242. The summed E-state index contributed by atoms with van der Waals surface area (Å²) in [5.74, 6) is 0. The van der Waals surface area contributed by atoms with Gasteiger partial charge in [0.15, 0.2) is 0 Å². The van der Waals surface area contributed by atoms with Crippen molar-refractivity contribution in [3.05, 3.63) is 38.9 Å². The molecule has 1 aromatic carbocycles. The van der Waals surface area contributed by atoms with Gasteiger partial charge in [-0.25, -0.2) is 0 Å². The van der Waals surface area contributed by atoms with E-state index in [1.165, 1.54) is 11.0 Å². The first-order valence-corrected chi connectivity index (χ1v) is 6.64. The third-order valence-corrected chi connectivity index (χ3v) is 3.63. The zero-order valence-corrected chi connectivity index (χ0v) is 14.1. The van der Waals surface area contributed by atoms with E-state index in [9.17, 15) is 23.3 Å². The Kier molecular flexibility index (Phi) is 8.58. The lowest BCUT2D eigenvalue weighted by Gasteiger charge is -2.36. The van der Waals surface area contributed by atoms with Crippen LogP contribution in [0.25, 0.3) is 0 Å². The second kappa shape index (κ2) is 8.89. The van der Waals surface area contributed by atoms with Crippen LogP contribution in [0.2, 0.25) is 5.02 Å². The van der Waals surface area contributed by atoms with Crippen molar-refractivity contribution in [2.45, 2.75) is 12.2 Å². The molecule has 0 amide bonds. The van der Waals surface area contributed by atoms with Crippen LogP contribution in [-0.2, 0) is 0 Å². The van der Waals surface area contributed by atoms with Gasteiger partial charge in [-0.1, -0.05) is 17.7 Å². The molecule has 11 heteroatoms. The highest BCUT2D eigenvalue weighted by molar-refractivity contribution is 6.32. The number of hydrogen-bond acceptors (Lipinski definition) is 4. The van der Waals surface area contributed by atoms with Crippen LogP contribution in [0.3, 0.4) is 0 Å². The lowest BCUT2D eigenvalue weighted by atomic mass is 10.0. The number of nitro groups is 1. The van der Waals surface area contributed by atoms with Crippen LogP contribution >= 0.6 is 36.4 Å². The van der Waals surface area contributed by atoms with Gasteiger partial charge in [-0.2, -0.15) is 13.2 Å². The number of piperazine rings is 1. The lowest BCUT2D eigenvalue weighted by Crippen LogP contribution is -2.49. The van der Waals surface area contributed by atoms with Gasteiger partial charge < -0.3 is 5.32 Å². The van der Waals surface area contributed by atoms with Gasteiger partial charge in [-0.05, 0) is 11.6 Å². The monoisotopic (exact) mass is 395 g/mol. The maximum Gasteiger partial charge on any atom is 0.408 e. The smallest absolute Gasteiger partial charge is 0.314 e. The topological polar surface area (TPSA) is 58.4 Å². The van der Waals surface area contributed by atoms with E-state index < -0.39 is 22.8 Å². The summed E-state index contributed by atoms with van der Waals surface area (Å²) in [6, 6.07) is 1.36. The minimum absolute atomic E-state index is 0. The molecule has 1 saturated heterocycles. The summed E-state index contributed by atoms with van der Waals surface area (Å²) in [6.07, 6.45) is -4.51. The largest absolute Gasteiger partial charge is 0.408 e. The molecule has 1 N–H and O–H groups in total. The Morgan fingerprint density at radius 3 is 2.30 bits per heavy atom. The number of nitrogens with zero attached hydrogens (tertiary/aromatic N) is 2. The predicted octanol–water partition coefficient (Wildman–Crippen LogP) is 3.60. The molecule has 0 aliphatic carbocycles. The van der Waals surface area contributed by atoms with Crippen LogP contribution in [0.1, 0.15) is 11.6 Å². The number of nitro benzene ring substituents is 1. The Morgan fingerprint density at radius 2 is 1.83 bits per heavy atom. The van der Waals surface area contributed by atoms with E-state index in [1.807, 2.05) is 0 Å². The van der Waals surface area contributed by atoms with Crippen molar-refractivity contribution >= 4 is 42.1 Å². The van der Waals surface area contributed by atoms with E-state index in [2.05, 4.69) is 5.32 Å². The molecule has 1 fully saturated rings. The Morgan fingerprint density at radius 1 is 1.26 bits per heavy atom. The highest BCUT2D eigenvalue weighted by Gasteiger charge is 2.45. The Labute approximate surface area is 148 Å². The van der Waals surface area contributed by atoms with Crippen molar-refractivity contribution in [3.63, 3.8) is 0 Å². The third kappa shape index (κ3) is 5.36. The molecule has 1 aliphatic rings. The molecule has 132 valence electrons. The normalized spacial score (nSPS) is 16.9. The number of nitrogens with one attached hydrogen (secondary N) is 1.